The summed E-state index contributed by atoms with van der Waals surface area (Å²) in [5, 5.41) is 7.20. The summed E-state index contributed by atoms with van der Waals surface area (Å²) in [6.45, 7) is 17.2. The van der Waals surface area contributed by atoms with E-state index in [1.807, 2.05) is 0 Å². The van der Waals surface area contributed by atoms with Gasteiger partial charge in [0.15, 0.2) is 5.65 Å². The highest BCUT2D eigenvalue weighted by Crippen LogP contribution is 2.34. The van der Waals surface area contributed by atoms with Crippen LogP contribution in [0.1, 0.15) is 109 Å². The minimum Gasteiger partial charge on any atom is -0.372 e. The number of unbranched alkanes of at least 4 members (excludes halogenated alkanes) is 3. The first-order chi connectivity index (χ1) is 18.4. The van der Waals surface area contributed by atoms with Gasteiger partial charge in [0.25, 0.3) is 5.56 Å². The molecule has 0 aliphatic rings. The Morgan fingerprint density at radius 1 is 1.03 bits per heavy atom. The van der Waals surface area contributed by atoms with Crippen LogP contribution in [0.3, 0.4) is 0 Å². The number of nitrogens with zero attached hydrogens (tertiary/aromatic N) is 3. The number of hydrogen-bond donors (Lipinski definition) is 2. The fourth-order valence-corrected chi connectivity index (χ4v) is 5.11. The Bertz CT molecular complexity index is 1280. The predicted octanol–water partition coefficient (Wildman–Crippen LogP) is 8.20. The highest BCUT2D eigenvalue weighted by Gasteiger charge is 2.21. The van der Waals surface area contributed by atoms with Crippen molar-refractivity contribution < 1.29 is 0 Å². The Kier molecular flexibility index (Phi) is 11.1. The molecule has 2 N–H and O–H groups in total. The van der Waals surface area contributed by atoms with Crippen molar-refractivity contribution in [2.45, 2.75) is 106 Å². The number of benzene rings is 1. The molecule has 2 aromatic heterocycles. The number of aryl methyl sites for hydroxylation is 2. The lowest BCUT2D eigenvalue weighted by molar-refractivity contribution is 0.719. The summed E-state index contributed by atoms with van der Waals surface area (Å²) in [5.41, 5.74) is 9.07. The van der Waals surface area contributed by atoms with Gasteiger partial charge in [0, 0.05) is 30.0 Å². The van der Waals surface area contributed by atoms with Crippen molar-refractivity contribution in [2.24, 2.45) is 0 Å². The highest BCUT2D eigenvalue weighted by atomic mass is 16.1. The van der Waals surface area contributed by atoms with Crippen LogP contribution in [-0.4, -0.2) is 27.7 Å². The first kappa shape index (κ1) is 29.5. The van der Waals surface area contributed by atoms with Crippen LogP contribution < -0.4 is 15.8 Å². The molecule has 1 aromatic carbocycles. The Morgan fingerprint density at radius 3 is 2.34 bits per heavy atom. The number of nitrogens with one attached hydrogen (secondary N) is 2. The molecule has 0 aliphatic heterocycles. The SMILES string of the molecule is CCC/C=C(\CC)c1[nH]n2c(=O)c(CCCC)c(CCCC)nc2c1Nc1ccc(N(CC)CC)cc1C. The zero-order chi connectivity index (χ0) is 27.7. The summed E-state index contributed by atoms with van der Waals surface area (Å²) in [7, 11) is 0. The largest absolute Gasteiger partial charge is 0.372 e. The zero-order valence-corrected chi connectivity index (χ0v) is 24.8. The normalized spacial score (nSPS) is 11.9. The molecule has 0 aliphatic carbocycles. The molecule has 6 heteroatoms. The molecule has 6 nitrogen and oxygen atoms in total. The second-order valence-electron chi connectivity index (χ2n) is 10.2. The van der Waals surface area contributed by atoms with Crippen LogP contribution >= 0.6 is 0 Å². The van der Waals surface area contributed by atoms with E-state index in [0.29, 0.717) is 5.65 Å². The minimum atomic E-state index is 0.0448. The van der Waals surface area contributed by atoms with Gasteiger partial charge >= 0.3 is 0 Å². The summed E-state index contributed by atoms with van der Waals surface area (Å²) in [4.78, 5) is 21.4. The summed E-state index contributed by atoms with van der Waals surface area (Å²) in [6, 6.07) is 6.58. The van der Waals surface area contributed by atoms with Crippen LogP contribution in [0.2, 0.25) is 0 Å². The Labute approximate surface area is 229 Å². The van der Waals surface area contributed by atoms with Crippen molar-refractivity contribution in [3.8, 4) is 0 Å². The summed E-state index contributed by atoms with van der Waals surface area (Å²) in [5.74, 6) is 0. The topological polar surface area (TPSA) is 65.4 Å². The first-order valence-electron chi connectivity index (χ1n) is 14.9. The molecular weight excluding hydrogens is 470 g/mol. The van der Waals surface area contributed by atoms with Crippen molar-refractivity contribution in [3.63, 3.8) is 0 Å². The van der Waals surface area contributed by atoms with E-state index in [9.17, 15) is 4.79 Å². The molecule has 38 heavy (non-hydrogen) atoms. The second kappa shape index (κ2) is 14.2. The maximum atomic E-state index is 13.9. The molecule has 0 fully saturated rings. The van der Waals surface area contributed by atoms with Crippen molar-refractivity contribution in [1.82, 2.24) is 14.6 Å². The van der Waals surface area contributed by atoms with Crippen molar-refractivity contribution >= 4 is 28.3 Å². The number of allylic oxidation sites excluding steroid dienone is 2. The smallest absolute Gasteiger partial charge is 0.276 e. The second-order valence-corrected chi connectivity index (χ2v) is 10.2. The van der Waals surface area contributed by atoms with E-state index in [4.69, 9.17) is 4.98 Å². The number of fused-ring (bicyclic) bond motifs is 1. The zero-order valence-electron chi connectivity index (χ0n) is 24.8. The van der Waals surface area contributed by atoms with Gasteiger partial charge in [-0.25, -0.2) is 4.98 Å². The monoisotopic (exact) mass is 519 g/mol. The van der Waals surface area contributed by atoms with Gasteiger partial charge in [-0.05, 0) is 88.6 Å². The van der Waals surface area contributed by atoms with E-state index in [2.05, 4.69) is 88.1 Å². The van der Waals surface area contributed by atoms with Gasteiger partial charge in [0.1, 0.15) is 5.69 Å². The number of aromatic amines is 1. The molecule has 3 aromatic rings. The van der Waals surface area contributed by atoms with Crippen LogP contribution in [0.15, 0.2) is 29.1 Å². The molecule has 0 amide bonds. The van der Waals surface area contributed by atoms with E-state index < -0.39 is 0 Å². The van der Waals surface area contributed by atoms with Crippen LogP contribution in [0.25, 0.3) is 11.2 Å². The lowest BCUT2D eigenvalue weighted by Gasteiger charge is -2.22. The fourth-order valence-electron chi connectivity index (χ4n) is 5.11. The number of anilines is 3. The lowest BCUT2D eigenvalue weighted by Crippen LogP contribution is -2.23. The van der Waals surface area contributed by atoms with Gasteiger partial charge in [-0.15, -0.1) is 0 Å². The first-order valence-corrected chi connectivity index (χ1v) is 14.9. The maximum absolute atomic E-state index is 13.9. The molecule has 208 valence electrons. The van der Waals surface area contributed by atoms with E-state index in [1.54, 1.807) is 4.52 Å². The third-order valence-corrected chi connectivity index (χ3v) is 7.49. The molecular formula is C32H49N5O. The van der Waals surface area contributed by atoms with Gasteiger partial charge in [0.2, 0.25) is 0 Å². The Balaban J connectivity index is 2.23. The molecule has 2 heterocycles. The molecule has 0 spiro atoms. The third-order valence-electron chi connectivity index (χ3n) is 7.49. The molecule has 0 bridgehead atoms. The maximum Gasteiger partial charge on any atom is 0.276 e. The summed E-state index contributed by atoms with van der Waals surface area (Å²) >= 11 is 0. The standard InChI is InChI=1S/C32H49N5O/c1-8-14-17-24(11-4)29-30(33-27-21-20-25(22-23(27)7)36(12-5)13-6)31-34-28(19-16-10-3)26(18-15-9-2)32(38)37(31)35-29/h17,20-22,33,35H,8-16,18-19H2,1-7H3/b24-17+. The summed E-state index contributed by atoms with van der Waals surface area (Å²) in [6.07, 6.45) is 11.0. The Morgan fingerprint density at radius 2 is 1.74 bits per heavy atom. The van der Waals surface area contributed by atoms with E-state index in [1.165, 1.54) is 16.8 Å². The van der Waals surface area contributed by atoms with Crippen LogP contribution in [-0.2, 0) is 12.8 Å². The van der Waals surface area contributed by atoms with Crippen LogP contribution in [0, 0.1) is 6.92 Å². The summed E-state index contributed by atoms with van der Waals surface area (Å²) < 4.78 is 1.69. The van der Waals surface area contributed by atoms with Crippen LogP contribution in [0.5, 0.6) is 0 Å². The number of aromatic nitrogens is 3. The van der Waals surface area contributed by atoms with Gasteiger partial charge in [0.05, 0.1) is 11.4 Å². The van der Waals surface area contributed by atoms with Crippen molar-refractivity contribution in [1.29, 1.82) is 0 Å². The quantitative estimate of drug-likeness (QED) is 0.212. The fraction of sp³-hybridized carbons (Fsp3) is 0.562. The Hall–Kier alpha value is -3.02. The molecule has 0 radical (unpaired) electrons. The molecule has 0 saturated heterocycles. The number of hydrogen-bond acceptors (Lipinski definition) is 4. The average Bonchev–Trinajstić information content (AvgIpc) is 3.27. The van der Waals surface area contributed by atoms with Gasteiger partial charge in [-0.1, -0.05) is 53.0 Å². The third kappa shape index (κ3) is 6.51. The highest BCUT2D eigenvalue weighted by molar-refractivity contribution is 5.87. The van der Waals surface area contributed by atoms with Gasteiger partial charge in [-0.2, -0.15) is 4.52 Å². The van der Waals surface area contributed by atoms with E-state index in [-0.39, 0.29) is 5.56 Å². The van der Waals surface area contributed by atoms with Crippen molar-refractivity contribution in [2.75, 3.05) is 23.3 Å². The molecule has 3 rings (SSSR count). The van der Waals surface area contributed by atoms with Crippen LogP contribution in [0.4, 0.5) is 17.1 Å². The van der Waals surface area contributed by atoms with E-state index >= 15 is 0 Å². The number of H-pyrrole nitrogens is 1. The van der Waals surface area contributed by atoms with Gasteiger partial charge in [-0.3, -0.25) is 9.89 Å². The lowest BCUT2D eigenvalue weighted by atomic mass is 10.0. The predicted molar refractivity (Wildman–Crippen MR) is 164 cm³/mol. The van der Waals surface area contributed by atoms with E-state index in [0.717, 1.165) is 99.2 Å². The average molecular weight is 520 g/mol. The minimum absolute atomic E-state index is 0.0448. The molecule has 0 unspecified atom stereocenters. The van der Waals surface area contributed by atoms with Crippen molar-refractivity contribution in [3.05, 3.63) is 57.1 Å². The molecule has 0 atom stereocenters. The molecule has 0 saturated carbocycles. The number of rotatable bonds is 15. The van der Waals surface area contributed by atoms with Gasteiger partial charge < -0.3 is 10.2 Å².